The predicted molar refractivity (Wildman–Crippen MR) is 400 cm³/mol. The molecule has 0 N–H and O–H groups in total. The van der Waals surface area contributed by atoms with Gasteiger partial charge in [-0.1, -0.05) is 29.8 Å². The molecule has 0 amide bonds. The van der Waals surface area contributed by atoms with Crippen LogP contribution in [0.25, 0.3) is 84.5 Å². The molecule has 7 aromatic carbocycles. The van der Waals surface area contributed by atoms with Crippen LogP contribution in [0, 0.1) is 5.82 Å². The van der Waals surface area contributed by atoms with Crippen molar-refractivity contribution < 1.29 is 103 Å². The Morgan fingerprint density at radius 1 is 0.333 bits per heavy atom. The number of fused-ring (bicyclic) bond motifs is 5. The topological polar surface area (TPSA) is 262 Å². The van der Waals surface area contributed by atoms with E-state index in [4.69, 9.17) is 26.2 Å². The van der Waals surface area contributed by atoms with Crippen LogP contribution < -0.4 is 23.7 Å². The third-order valence-corrected chi connectivity index (χ3v) is 17.2. The summed E-state index contributed by atoms with van der Waals surface area (Å²) in [6.07, 6.45) is -24.4. The summed E-state index contributed by atoms with van der Waals surface area (Å²) in [6.45, 7) is 1.23. The van der Waals surface area contributed by atoms with Crippen molar-refractivity contribution in [2.45, 2.75) is 76.4 Å². The molecule has 25 nitrogen and oxygen atoms in total. The molecule has 123 heavy (non-hydrogen) atoms. The summed E-state index contributed by atoms with van der Waals surface area (Å²) in [4.78, 5) is 0. The maximum absolute atomic E-state index is 13.7. The number of benzene rings is 7. The van der Waals surface area contributed by atoms with E-state index in [9.17, 15) is 79.0 Å². The maximum Gasteiger partial charge on any atom is 0.573 e. The van der Waals surface area contributed by atoms with Crippen LogP contribution in [-0.4, -0.2) is 118 Å². The second kappa shape index (κ2) is 34.9. The summed E-state index contributed by atoms with van der Waals surface area (Å²) in [5.41, 5.74) is 5.57. The van der Waals surface area contributed by atoms with Crippen LogP contribution in [0.5, 0.6) is 40.2 Å². The zero-order chi connectivity index (χ0) is 87.3. The Kier molecular flexibility index (Phi) is 24.1. The fraction of sp³-hybridized carbons (Fsp3) is 0.152. The molecule has 44 heteroatoms. The lowest BCUT2D eigenvalue weighted by Crippen LogP contribution is -2.18. The highest BCUT2D eigenvalue weighted by molar-refractivity contribution is 6.30. The minimum atomic E-state index is -5.03. The van der Waals surface area contributed by atoms with Crippen LogP contribution in [0.4, 0.5) is 79.0 Å². The highest BCUT2D eigenvalue weighted by atomic mass is 35.5. The number of alkyl halides is 17. The zero-order valence-electron chi connectivity index (χ0n) is 62.3. The fourth-order valence-corrected chi connectivity index (χ4v) is 11.4. The summed E-state index contributed by atoms with van der Waals surface area (Å²) in [5, 5.41) is 56.5. The molecule has 0 bridgehead atoms. The van der Waals surface area contributed by atoms with Gasteiger partial charge in [-0.3, -0.25) is 0 Å². The van der Waals surface area contributed by atoms with Crippen molar-refractivity contribution in [3.63, 3.8) is 0 Å². The van der Waals surface area contributed by atoms with Crippen molar-refractivity contribution in [2.75, 3.05) is 0 Å². The van der Waals surface area contributed by atoms with Crippen LogP contribution in [0.1, 0.15) is 74.6 Å². The Balaban J connectivity index is 0.000000125. The van der Waals surface area contributed by atoms with Crippen LogP contribution in [0.15, 0.2) is 231 Å². The minimum Gasteiger partial charge on any atom is -0.457 e. The van der Waals surface area contributed by atoms with Gasteiger partial charge in [-0.05, 0) is 225 Å². The number of hydrogen-bond acceptors (Lipinski definition) is 20. The van der Waals surface area contributed by atoms with Gasteiger partial charge in [0, 0.05) is 52.6 Å². The first-order valence-corrected chi connectivity index (χ1v) is 36.0. The molecule has 630 valence electrons. The number of para-hydroxylation sites is 1. The molecule has 0 radical (unpaired) electrons. The van der Waals surface area contributed by atoms with Crippen molar-refractivity contribution in [1.29, 1.82) is 0 Å². The molecule has 18 rings (SSSR count). The smallest absolute Gasteiger partial charge is 0.457 e. The lowest BCUT2D eigenvalue weighted by Gasteiger charge is -2.13. The van der Waals surface area contributed by atoms with Gasteiger partial charge in [0.05, 0.1) is 28.5 Å². The van der Waals surface area contributed by atoms with Gasteiger partial charge in [-0.2, -0.15) is 92.0 Å². The largest absolute Gasteiger partial charge is 0.573 e. The van der Waals surface area contributed by atoms with Gasteiger partial charge < -0.3 is 23.7 Å². The highest BCUT2D eigenvalue weighted by Gasteiger charge is 2.40. The third-order valence-electron chi connectivity index (χ3n) is 16.9. The van der Waals surface area contributed by atoms with E-state index >= 15 is 0 Å². The Morgan fingerprint density at radius 2 is 0.650 bits per heavy atom. The number of halogens is 19. The summed E-state index contributed by atoms with van der Waals surface area (Å²) in [5.74, 6) is -1.74. The Labute approximate surface area is 682 Å². The number of aromatic nitrogens is 20. The molecule has 1 aliphatic carbocycles. The summed E-state index contributed by atoms with van der Waals surface area (Å²) < 4.78 is 259. The second-order valence-corrected chi connectivity index (χ2v) is 26.6. The van der Waals surface area contributed by atoms with Crippen LogP contribution in [0.2, 0.25) is 5.02 Å². The zero-order valence-corrected chi connectivity index (χ0v) is 63.0. The SMILES string of the molecule is CC(F)(F)Oc1ccc(-c2ccc3nnc(C(F)(F)F)n3n2)cc1.CC(F)(F)Oc1ccc(-c2ccc3nnc(C(F)F)n3n2)cc1.FC(F)(F)c1nnc2ccc(-c3ccc(Oc4ccc(Cl)cc4)cc3)nn12.Fc1cc(-c2ccc3nnc(C(F)F)n3n2)ccc1OC(F)(F)F.c1ccc(Oc2ccc(-c3ccc4nnc(C5CC5)n4n3)cc2)cc1. The Hall–Kier alpha value is -14.7. The Bertz CT molecular complexity index is 6530. The summed E-state index contributed by atoms with van der Waals surface area (Å²) >= 11 is 5.83. The summed E-state index contributed by atoms with van der Waals surface area (Å²) in [7, 11) is 0. The van der Waals surface area contributed by atoms with Crippen molar-refractivity contribution >= 4 is 39.8 Å². The number of nitrogens with zero attached hydrogens (tertiary/aromatic N) is 20. The van der Waals surface area contributed by atoms with Crippen molar-refractivity contribution in [3.05, 3.63) is 270 Å². The average Bonchev–Trinajstić information content (AvgIpc) is 1.64. The third kappa shape index (κ3) is 21.3. The van der Waals surface area contributed by atoms with Gasteiger partial charge in [-0.25, -0.2) is 22.0 Å². The molecule has 10 heterocycles. The van der Waals surface area contributed by atoms with Crippen LogP contribution >= 0.6 is 11.6 Å². The lowest BCUT2D eigenvalue weighted by atomic mass is 10.1. The first kappa shape index (κ1) is 84.8. The average molecular weight is 1740 g/mol. The molecule has 0 atom stereocenters. The molecule has 0 spiro atoms. The van der Waals surface area contributed by atoms with Crippen LogP contribution in [0.3, 0.4) is 0 Å². The van der Waals surface area contributed by atoms with Gasteiger partial charge in [-0.15, -0.1) is 64.2 Å². The molecule has 10 aromatic heterocycles. The summed E-state index contributed by atoms with van der Waals surface area (Å²) in [6, 6.07) is 60.6. The monoisotopic (exact) mass is 1740 g/mol. The molecular formula is C79H51ClF18N20O5. The molecule has 0 saturated heterocycles. The van der Waals surface area contributed by atoms with Crippen molar-refractivity contribution in [2.24, 2.45) is 0 Å². The van der Waals surface area contributed by atoms with Gasteiger partial charge in [0.25, 0.3) is 24.5 Å². The molecule has 1 aliphatic rings. The Morgan fingerprint density at radius 3 is 1.01 bits per heavy atom. The van der Waals surface area contributed by atoms with E-state index in [0.717, 1.165) is 61.5 Å². The van der Waals surface area contributed by atoms with E-state index in [2.05, 4.69) is 85.6 Å². The van der Waals surface area contributed by atoms with E-state index in [1.807, 2.05) is 71.2 Å². The van der Waals surface area contributed by atoms with Gasteiger partial charge in [0.2, 0.25) is 11.6 Å². The second-order valence-electron chi connectivity index (χ2n) is 26.1. The number of ether oxygens (including phenoxy) is 5. The van der Waals surface area contributed by atoms with E-state index < -0.39 is 78.6 Å². The molecule has 0 aliphatic heterocycles. The van der Waals surface area contributed by atoms with Gasteiger partial charge in [0.1, 0.15) is 34.5 Å². The van der Waals surface area contributed by atoms with Crippen molar-refractivity contribution in [1.82, 2.24) is 99.1 Å². The highest BCUT2D eigenvalue weighted by Crippen LogP contribution is 2.40. The van der Waals surface area contributed by atoms with E-state index in [0.29, 0.717) is 73.4 Å². The quantitative estimate of drug-likeness (QED) is 0.0767. The first-order valence-electron chi connectivity index (χ1n) is 35.6. The van der Waals surface area contributed by atoms with E-state index in [1.165, 1.54) is 97.8 Å². The number of hydrogen-bond donors (Lipinski definition) is 0. The first-order chi connectivity index (χ1) is 58.5. The molecular weight excluding hydrogens is 1690 g/mol. The minimum absolute atomic E-state index is 0.0140. The van der Waals surface area contributed by atoms with Crippen LogP contribution in [-0.2, 0) is 12.4 Å². The normalized spacial score (nSPS) is 12.5. The van der Waals surface area contributed by atoms with E-state index in [-0.39, 0.29) is 51.0 Å². The molecule has 17 aromatic rings. The van der Waals surface area contributed by atoms with Crippen molar-refractivity contribution in [3.8, 4) is 96.5 Å². The molecule has 1 saturated carbocycles. The molecule has 1 fully saturated rings. The molecule has 0 unspecified atom stereocenters. The van der Waals surface area contributed by atoms with Gasteiger partial charge >= 0.3 is 30.9 Å². The van der Waals surface area contributed by atoms with Gasteiger partial charge in [0.15, 0.2) is 45.6 Å². The fourth-order valence-electron chi connectivity index (χ4n) is 11.3. The van der Waals surface area contributed by atoms with E-state index in [1.54, 1.807) is 60.7 Å². The number of rotatable bonds is 17. The maximum atomic E-state index is 13.7. The lowest BCUT2D eigenvalue weighted by molar-refractivity contribution is -0.275. The standard InChI is InChI=1S/C20H16N4O.C18H10ClF3N4O.C14H9F5N4O.C14H10F4N4O.C13H6F6N4O/c1-2-4-16(5-3-1)25-17-10-8-14(9-11-17)18-12-13-19-21-22-20(15-6-7-15)24(19)23-18;19-12-3-7-14(8-4-12)27-13-5-1-11(2-6-13)15-9-10-16-23-24-17(18(20,21)22)26(16)25-15;1-13(15,16)24-9-4-2-8(3-5-9)10-6-7-11-20-21-12(14(17,18)19)23(11)22-10;1-14(17,18)23-9-4-2-8(3-5-9)10-6-7-11-19-20-13(12(15)16)22(11)21-10;14-7-5-6(1-3-9(7)24-13(17,18)19)8-2-4-10-20-21-12(11(15)16)23(10)22-8/h1-5,8-13,15H,6-7H2;1-10H;2-7H,1H3;2-7,12H,1H3;1-5,11H. The predicted octanol–water partition coefficient (Wildman–Crippen LogP) is 21.0.